The van der Waals surface area contributed by atoms with E-state index in [0.717, 1.165) is 22.4 Å². The van der Waals surface area contributed by atoms with Crippen LogP contribution in [0, 0.1) is 32.4 Å². The number of carboxylic acids is 1. The van der Waals surface area contributed by atoms with Crippen LogP contribution in [0.3, 0.4) is 0 Å². The maximum absolute atomic E-state index is 15.5. The number of aromatic nitrogens is 2. The molecule has 0 radical (unpaired) electrons. The molecule has 0 aliphatic rings. The number of anilines is 2. The maximum atomic E-state index is 15.5. The second-order valence-corrected chi connectivity index (χ2v) is 10.8. The van der Waals surface area contributed by atoms with E-state index in [0.29, 0.717) is 21.2 Å². The molecule has 11 nitrogen and oxygen atoms in total. The van der Waals surface area contributed by atoms with Gasteiger partial charge in [0.15, 0.2) is 11.9 Å². The monoisotopic (exact) mass is 612 g/mol. The summed E-state index contributed by atoms with van der Waals surface area (Å²) in [4.78, 5) is 42.5. The Labute approximate surface area is 247 Å². The molecule has 43 heavy (non-hydrogen) atoms. The summed E-state index contributed by atoms with van der Waals surface area (Å²) >= 11 is -3.05. The van der Waals surface area contributed by atoms with Gasteiger partial charge < -0.3 is 24.9 Å². The van der Waals surface area contributed by atoms with Gasteiger partial charge in [0.1, 0.15) is 17.2 Å². The molecule has 1 amide bonds. The Hall–Kier alpha value is -4.69. The molecule has 2 atom stereocenters. The van der Waals surface area contributed by atoms with Gasteiger partial charge in [-0.15, -0.1) is 0 Å². The van der Waals surface area contributed by atoms with Crippen molar-refractivity contribution < 1.29 is 32.2 Å². The van der Waals surface area contributed by atoms with Gasteiger partial charge in [-0.05, 0) is 50.1 Å². The van der Waals surface area contributed by atoms with E-state index in [-0.39, 0.29) is 23.3 Å². The van der Waals surface area contributed by atoms with Crippen molar-refractivity contribution in [1.29, 1.82) is 0 Å². The highest BCUT2D eigenvalue weighted by Gasteiger charge is 2.31. The third-order valence-corrected chi connectivity index (χ3v) is 7.61. The number of aliphatic carboxylic acids is 1. The maximum Gasteiger partial charge on any atom is 0.329 e. The number of nitrogens with one attached hydrogen (secondary N) is 2. The van der Waals surface area contributed by atoms with Gasteiger partial charge in [0, 0.05) is 42.8 Å². The third kappa shape index (κ3) is 6.39. The second kappa shape index (κ2) is 12.7. The van der Waals surface area contributed by atoms with E-state index >= 15 is 8.78 Å². The van der Waals surface area contributed by atoms with Gasteiger partial charge in [-0.3, -0.25) is 18.1 Å². The Morgan fingerprint density at radius 1 is 1.16 bits per heavy atom. The number of halogens is 2. The van der Waals surface area contributed by atoms with Crippen LogP contribution in [0.2, 0.25) is 0 Å². The predicted octanol–water partition coefficient (Wildman–Crippen LogP) is 3.23. The Kier molecular flexibility index (Phi) is 9.21. The summed E-state index contributed by atoms with van der Waals surface area (Å²) in [6.45, 7) is 4.08. The van der Waals surface area contributed by atoms with Crippen LogP contribution in [-0.2, 0) is 29.7 Å². The van der Waals surface area contributed by atoms with Gasteiger partial charge in [-0.25, -0.2) is 18.6 Å². The van der Waals surface area contributed by atoms with E-state index in [1.165, 1.54) is 13.2 Å². The molecule has 226 valence electrons. The quantitative estimate of drug-likeness (QED) is 0.231. The number of hydrogen-bond donors (Lipinski definition) is 3. The topological polar surface area (TPSA) is 157 Å². The SMILES string of the molecule is Cc1cc(C)c(N(C(CNC(=O)c2cn(C)c3c(F)c(CNc4ccccn4)c(F)cc3c2=O)C(=O)O)S(=O)[O-])c(C)c1. The normalized spacial score (nSPS) is 12.5. The van der Waals surface area contributed by atoms with Gasteiger partial charge in [0.25, 0.3) is 5.91 Å². The fourth-order valence-corrected chi connectivity index (χ4v) is 5.82. The number of fused-ring (bicyclic) bond motifs is 1. The smallest absolute Gasteiger partial charge is 0.329 e. The number of rotatable bonds is 10. The molecule has 2 aromatic carbocycles. The average molecular weight is 613 g/mol. The summed E-state index contributed by atoms with van der Waals surface area (Å²) in [5.41, 5.74) is -0.121. The lowest BCUT2D eigenvalue weighted by molar-refractivity contribution is -0.138. The lowest BCUT2D eigenvalue weighted by atomic mass is 10.0. The first-order valence-electron chi connectivity index (χ1n) is 12.9. The summed E-state index contributed by atoms with van der Waals surface area (Å²) in [6.07, 6.45) is 2.55. The second-order valence-electron chi connectivity index (χ2n) is 9.95. The van der Waals surface area contributed by atoms with Crippen LogP contribution in [0.15, 0.2) is 53.6 Å². The first-order chi connectivity index (χ1) is 20.3. The minimum atomic E-state index is -3.05. The standard InChI is InChI=1S/C29H29F2N5O6S/c1-15-9-16(2)25(17(3)10-15)36(43(41)42)22(29(39)40)13-34-28(38)20-14-35(4)26-18(27(20)37)11-21(30)19(24(26)31)12-33-23-7-5-6-8-32-23/h5-11,14,22H,12-13H2,1-4H3,(H,32,33)(H,34,38)(H,39,40)(H,41,42)/p-1. The van der Waals surface area contributed by atoms with Crippen molar-refractivity contribution in [3.63, 3.8) is 0 Å². The highest BCUT2D eigenvalue weighted by molar-refractivity contribution is 7.80. The summed E-state index contributed by atoms with van der Waals surface area (Å²) < 4.78 is 56.7. The Bertz CT molecular complexity index is 1790. The number of aryl methyl sites for hydroxylation is 4. The van der Waals surface area contributed by atoms with Gasteiger partial charge >= 0.3 is 5.97 Å². The molecule has 3 N–H and O–H groups in total. The minimum Gasteiger partial charge on any atom is -0.755 e. The number of pyridine rings is 2. The summed E-state index contributed by atoms with van der Waals surface area (Å²) in [5, 5.41) is 14.6. The molecule has 0 saturated carbocycles. The number of nitrogens with zero attached hydrogens (tertiary/aromatic N) is 3. The molecule has 0 aliphatic carbocycles. The molecule has 2 heterocycles. The van der Waals surface area contributed by atoms with E-state index in [1.54, 1.807) is 51.1 Å². The fourth-order valence-electron chi connectivity index (χ4n) is 5.01. The number of carbonyl (C=O) groups is 2. The molecule has 0 saturated heterocycles. The Morgan fingerprint density at radius 2 is 1.84 bits per heavy atom. The van der Waals surface area contributed by atoms with Crippen LogP contribution in [0.1, 0.15) is 32.6 Å². The number of carboxylic acid groups (broad SMARTS) is 1. The molecule has 0 spiro atoms. The first-order valence-corrected chi connectivity index (χ1v) is 14.0. The van der Waals surface area contributed by atoms with E-state index in [1.807, 2.05) is 0 Å². The number of hydrogen-bond acceptors (Lipinski definition) is 7. The molecule has 2 unspecified atom stereocenters. The molecule has 14 heteroatoms. The highest BCUT2D eigenvalue weighted by Crippen LogP contribution is 2.29. The summed E-state index contributed by atoms with van der Waals surface area (Å²) in [5.74, 6) is -4.25. The van der Waals surface area contributed by atoms with Crippen LogP contribution in [0.25, 0.3) is 10.9 Å². The molecule has 0 aliphatic heterocycles. The largest absolute Gasteiger partial charge is 0.755 e. The molecule has 2 aromatic heterocycles. The molecule has 4 aromatic rings. The van der Waals surface area contributed by atoms with Crippen LogP contribution in [-0.4, -0.2) is 47.9 Å². The first kappa shape index (κ1) is 31.3. The Balaban J connectivity index is 1.65. The van der Waals surface area contributed by atoms with Crippen molar-refractivity contribution in [3.05, 3.63) is 98.5 Å². The van der Waals surface area contributed by atoms with Gasteiger partial charge in [0.05, 0.1) is 23.1 Å². The molecular formula is C29H28F2N5O6S-. The highest BCUT2D eigenvalue weighted by atomic mass is 32.2. The fraction of sp³-hybridized carbons (Fsp3) is 0.241. The van der Waals surface area contributed by atoms with Crippen LogP contribution < -0.4 is 20.4 Å². The van der Waals surface area contributed by atoms with E-state index < -0.39 is 63.7 Å². The predicted molar refractivity (Wildman–Crippen MR) is 156 cm³/mol. The van der Waals surface area contributed by atoms with E-state index in [9.17, 15) is 28.3 Å². The average Bonchev–Trinajstić information content (AvgIpc) is 2.93. The van der Waals surface area contributed by atoms with E-state index in [4.69, 9.17) is 0 Å². The van der Waals surface area contributed by atoms with Crippen molar-refractivity contribution in [2.75, 3.05) is 16.2 Å². The van der Waals surface area contributed by atoms with E-state index in [2.05, 4.69) is 15.6 Å². The lowest BCUT2D eigenvalue weighted by Gasteiger charge is -2.34. The van der Waals surface area contributed by atoms with Crippen molar-refractivity contribution in [2.45, 2.75) is 33.4 Å². The van der Waals surface area contributed by atoms with Gasteiger partial charge in [-0.1, -0.05) is 23.8 Å². The van der Waals surface area contributed by atoms with Crippen molar-refractivity contribution in [1.82, 2.24) is 14.9 Å². The number of benzene rings is 2. The van der Waals surface area contributed by atoms with Crippen molar-refractivity contribution in [2.24, 2.45) is 7.05 Å². The minimum absolute atomic E-state index is 0.140. The van der Waals surface area contributed by atoms with Crippen molar-refractivity contribution in [3.8, 4) is 0 Å². The van der Waals surface area contributed by atoms with Crippen molar-refractivity contribution >= 4 is 45.6 Å². The zero-order chi connectivity index (χ0) is 31.6. The molecular weight excluding hydrogens is 584 g/mol. The zero-order valence-corrected chi connectivity index (χ0v) is 24.4. The van der Waals surface area contributed by atoms with Crippen LogP contribution in [0.5, 0.6) is 0 Å². The lowest BCUT2D eigenvalue weighted by Crippen LogP contribution is -2.50. The zero-order valence-electron chi connectivity index (χ0n) is 23.6. The summed E-state index contributed by atoms with van der Waals surface area (Å²) in [6, 6.07) is 7.44. The third-order valence-electron chi connectivity index (χ3n) is 6.85. The Morgan fingerprint density at radius 3 is 2.42 bits per heavy atom. The molecule has 4 rings (SSSR count). The number of carbonyl (C=O) groups excluding carboxylic acids is 1. The number of amides is 1. The molecule has 0 fully saturated rings. The van der Waals surface area contributed by atoms with Gasteiger partial charge in [-0.2, -0.15) is 0 Å². The summed E-state index contributed by atoms with van der Waals surface area (Å²) in [7, 11) is 1.36. The van der Waals surface area contributed by atoms with Crippen LogP contribution >= 0.6 is 0 Å². The van der Waals surface area contributed by atoms with Gasteiger partial charge in [0.2, 0.25) is 5.43 Å². The molecule has 0 bridgehead atoms. The van der Waals surface area contributed by atoms with Crippen LogP contribution in [0.4, 0.5) is 20.3 Å².